The lowest BCUT2D eigenvalue weighted by Crippen LogP contribution is -2.24. The first-order chi connectivity index (χ1) is 3.82. The molecule has 4 atom stereocenters. The molecule has 0 nitrogen and oxygen atoms in total. The lowest BCUT2D eigenvalue weighted by atomic mass is 9.72. The molecule has 0 N–H and O–H groups in total. The van der Waals surface area contributed by atoms with Gasteiger partial charge in [0, 0.05) is 0 Å². The molecule has 0 amide bonds. The van der Waals surface area contributed by atoms with Gasteiger partial charge in [0.2, 0.25) is 0 Å². The van der Waals surface area contributed by atoms with Crippen LogP contribution in [0.25, 0.3) is 0 Å². The highest BCUT2D eigenvalue weighted by Gasteiger charge is 2.74. The van der Waals surface area contributed by atoms with E-state index in [1.807, 2.05) is 0 Å². The smallest absolute Gasteiger partial charge is 0.0258 e. The lowest BCUT2D eigenvalue weighted by molar-refractivity contribution is 0.171. The number of rotatable bonds is 0. The summed E-state index contributed by atoms with van der Waals surface area (Å²) in [5.74, 6) is 3.62. The Bertz CT molecular complexity index is 144. The Labute approximate surface area is 50.3 Å². The van der Waals surface area contributed by atoms with E-state index in [1.54, 1.807) is 19.3 Å². The lowest BCUT2D eigenvalue weighted by Gasteiger charge is -2.32. The molecule has 0 heterocycles. The van der Waals surface area contributed by atoms with E-state index in [-0.39, 0.29) is 0 Å². The molecule has 0 saturated heterocycles. The third kappa shape index (κ3) is 0.191. The van der Waals surface area contributed by atoms with Gasteiger partial charge < -0.3 is 0 Å². The topological polar surface area (TPSA) is 0 Å². The first-order valence-electron chi connectivity index (χ1n) is 3.82. The van der Waals surface area contributed by atoms with E-state index in [9.17, 15) is 0 Å². The van der Waals surface area contributed by atoms with Crippen molar-refractivity contribution in [1.82, 2.24) is 0 Å². The monoisotopic (exact) mass is 108 g/mol. The van der Waals surface area contributed by atoms with Crippen molar-refractivity contribution in [2.24, 2.45) is 23.2 Å². The van der Waals surface area contributed by atoms with Gasteiger partial charge in [0.15, 0.2) is 0 Å². The Morgan fingerprint density at radius 2 is 2.25 bits per heavy atom. The molecule has 0 aromatic rings. The van der Waals surface area contributed by atoms with Crippen LogP contribution in [0, 0.1) is 23.2 Å². The van der Waals surface area contributed by atoms with E-state index in [0.29, 0.717) is 0 Å². The van der Waals surface area contributed by atoms with Gasteiger partial charge in [0.25, 0.3) is 0 Å². The van der Waals surface area contributed by atoms with Crippen molar-refractivity contribution in [1.29, 1.82) is 0 Å². The highest BCUT2D eigenvalue weighted by atomic mass is 14.8. The third-order valence-electron chi connectivity index (χ3n) is 3.99. The van der Waals surface area contributed by atoms with Crippen LogP contribution in [0.1, 0.15) is 26.2 Å². The molecule has 3 saturated carbocycles. The average molecular weight is 108 g/mol. The zero-order valence-corrected chi connectivity index (χ0v) is 5.35. The molecule has 0 spiro atoms. The highest BCUT2D eigenvalue weighted by Crippen LogP contribution is 2.81. The minimum absolute atomic E-state index is 0.906. The standard InChI is InChI=1S/C8H12/c1-8-4-5-2-3-6(8)7(5)8/h5-7H,2-4H2,1H3. The summed E-state index contributed by atoms with van der Waals surface area (Å²) in [7, 11) is 0. The molecular weight excluding hydrogens is 96.1 g/mol. The van der Waals surface area contributed by atoms with Gasteiger partial charge in [-0.2, -0.15) is 0 Å². The van der Waals surface area contributed by atoms with Gasteiger partial charge in [-0.05, 0) is 42.4 Å². The van der Waals surface area contributed by atoms with Crippen molar-refractivity contribution in [3.63, 3.8) is 0 Å². The van der Waals surface area contributed by atoms with Gasteiger partial charge in [0.05, 0.1) is 0 Å². The van der Waals surface area contributed by atoms with Crippen LogP contribution >= 0.6 is 0 Å². The van der Waals surface area contributed by atoms with Crippen LogP contribution in [-0.4, -0.2) is 0 Å². The molecule has 0 aliphatic heterocycles. The van der Waals surface area contributed by atoms with Crippen molar-refractivity contribution in [2.45, 2.75) is 26.2 Å². The molecular formula is C8H12. The van der Waals surface area contributed by atoms with Gasteiger partial charge in [0.1, 0.15) is 0 Å². The SMILES string of the molecule is CC12CC3CCC1C32. The molecule has 0 bridgehead atoms. The quantitative estimate of drug-likeness (QED) is 0.445. The van der Waals surface area contributed by atoms with Crippen LogP contribution in [-0.2, 0) is 0 Å². The molecule has 3 aliphatic rings. The van der Waals surface area contributed by atoms with Crippen LogP contribution in [0.2, 0.25) is 0 Å². The fraction of sp³-hybridized carbons (Fsp3) is 1.00. The second kappa shape index (κ2) is 0.778. The number of hydrogen-bond acceptors (Lipinski definition) is 0. The number of fused-ring (bicyclic) bond motifs is 1. The average Bonchev–Trinajstić information content (AvgIpc) is 2.15. The van der Waals surface area contributed by atoms with Crippen molar-refractivity contribution >= 4 is 0 Å². The van der Waals surface area contributed by atoms with Crippen LogP contribution in [0.3, 0.4) is 0 Å². The molecule has 3 aliphatic carbocycles. The zero-order chi connectivity index (χ0) is 5.35. The molecule has 0 aromatic heterocycles. The predicted octanol–water partition coefficient (Wildman–Crippen LogP) is 2.05. The van der Waals surface area contributed by atoms with Crippen molar-refractivity contribution < 1.29 is 0 Å². The van der Waals surface area contributed by atoms with E-state index in [4.69, 9.17) is 0 Å². The van der Waals surface area contributed by atoms with E-state index in [1.165, 1.54) is 17.8 Å². The summed E-state index contributed by atoms with van der Waals surface area (Å²) in [5.41, 5.74) is 0.906. The van der Waals surface area contributed by atoms with Crippen molar-refractivity contribution in [3.05, 3.63) is 0 Å². The van der Waals surface area contributed by atoms with E-state index in [2.05, 4.69) is 6.92 Å². The summed E-state index contributed by atoms with van der Waals surface area (Å²) in [4.78, 5) is 0. The Balaban J connectivity index is 2.05. The number of hydrogen-bond donors (Lipinski definition) is 0. The maximum atomic E-state index is 2.48. The molecule has 3 rings (SSSR count). The summed E-state index contributed by atoms with van der Waals surface area (Å²) in [6, 6.07) is 0. The summed E-state index contributed by atoms with van der Waals surface area (Å²) in [6.45, 7) is 2.48. The fourth-order valence-corrected chi connectivity index (χ4v) is 3.57. The second-order valence-corrected chi connectivity index (χ2v) is 4.18. The molecule has 8 heavy (non-hydrogen) atoms. The Morgan fingerprint density at radius 1 is 1.38 bits per heavy atom. The van der Waals surface area contributed by atoms with Gasteiger partial charge in [-0.25, -0.2) is 0 Å². The predicted molar refractivity (Wildman–Crippen MR) is 32.4 cm³/mol. The summed E-state index contributed by atoms with van der Waals surface area (Å²) in [6.07, 6.45) is 4.74. The first-order valence-corrected chi connectivity index (χ1v) is 3.82. The third-order valence-corrected chi connectivity index (χ3v) is 3.99. The summed E-state index contributed by atoms with van der Waals surface area (Å²) >= 11 is 0. The Morgan fingerprint density at radius 3 is 2.50 bits per heavy atom. The Hall–Kier alpha value is 0. The van der Waals surface area contributed by atoms with Gasteiger partial charge in [-0.15, -0.1) is 0 Å². The van der Waals surface area contributed by atoms with Crippen LogP contribution in [0.15, 0.2) is 0 Å². The van der Waals surface area contributed by atoms with E-state index < -0.39 is 0 Å². The molecule has 0 radical (unpaired) electrons. The molecule has 3 fully saturated rings. The summed E-state index contributed by atoms with van der Waals surface area (Å²) in [5, 5.41) is 0. The normalized spacial score (nSPS) is 73.9. The van der Waals surface area contributed by atoms with Gasteiger partial charge in [-0.3, -0.25) is 0 Å². The molecule has 4 unspecified atom stereocenters. The zero-order valence-electron chi connectivity index (χ0n) is 5.35. The van der Waals surface area contributed by atoms with Crippen LogP contribution < -0.4 is 0 Å². The van der Waals surface area contributed by atoms with Crippen LogP contribution in [0.4, 0.5) is 0 Å². The first kappa shape index (κ1) is 3.92. The van der Waals surface area contributed by atoms with Crippen molar-refractivity contribution in [2.75, 3.05) is 0 Å². The van der Waals surface area contributed by atoms with Crippen molar-refractivity contribution in [3.8, 4) is 0 Å². The Kier molecular flexibility index (Phi) is 0.381. The maximum Gasteiger partial charge on any atom is -0.0258 e. The minimum atomic E-state index is 0.906. The van der Waals surface area contributed by atoms with Gasteiger partial charge in [-0.1, -0.05) is 6.92 Å². The van der Waals surface area contributed by atoms with E-state index in [0.717, 1.165) is 5.41 Å². The fourth-order valence-electron chi connectivity index (χ4n) is 3.57. The minimum Gasteiger partial charge on any atom is -0.0591 e. The highest BCUT2D eigenvalue weighted by molar-refractivity contribution is 5.22. The largest absolute Gasteiger partial charge is 0.0591 e. The van der Waals surface area contributed by atoms with E-state index >= 15 is 0 Å². The molecule has 44 valence electrons. The van der Waals surface area contributed by atoms with Gasteiger partial charge >= 0.3 is 0 Å². The maximum absolute atomic E-state index is 2.48. The van der Waals surface area contributed by atoms with Crippen LogP contribution in [0.5, 0.6) is 0 Å². The molecule has 0 aromatic carbocycles. The molecule has 0 heteroatoms. The second-order valence-electron chi connectivity index (χ2n) is 4.18. The summed E-state index contributed by atoms with van der Waals surface area (Å²) < 4.78 is 0.